The van der Waals surface area contributed by atoms with Gasteiger partial charge in [0.1, 0.15) is 0 Å². The van der Waals surface area contributed by atoms with Gasteiger partial charge in [-0.3, -0.25) is 0 Å². The summed E-state index contributed by atoms with van der Waals surface area (Å²) in [6, 6.07) is 8.04. The Bertz CT molecular complexity index is 463. The molecule has 1 aromatic carbocycles. The number of H-pyrrole nitrogens is 1. The summed E-state index contributed by atoms with van der Waals surface area (Å²) in [5.74, 6) is 0. The fourth-order valence-corrected chi connectivity index (χ4v) is 2.07. The molecule has 0 bridgehead atoms. The summed E-state index contributed by atoms with van der Waals surface area (Å²) in [5, 5.41) is 11.1. The average Bonchev–Trinajstić information content (AvgIpc) is 2.38. The monoisotopic (exact) mass is 189 g/mol. The second kappa shape index (κ2) is 2.85. The third-order valence-electron chi connectivity index (χ3n) is 2.51. The third kappa shape index (κ3) is 1.32. The van der Waals surface area contributed by atoms with Gasteiger partial charge in [-0.1, -0.05) is 18.2 Å². The summed E-state index contributed by atoms with van der Waals surface area (Å²) in [7, 11) is 0. The van der Waals surface area contributed by atoms with E-state index in [0.717, 1.165) is 22.2 Å². The van der Waals surface area contributed by atoms with Gasteiger partial charge in [-0.15, -0.1) is 0 Å². The first kappa shape index (κ1) is 9.28. The molecule has 0 aliphatic rings. The molecular weight excluding hydrogens is 174 g/mol. The fourth-order valence-electron chi connectivity index (χ4n) is 2.07. The highest BCUT2D eigenvalue weighted by Crippen LogP contribution is 2.31. The summed E-state index contributed by atoms with van der Waals surface area (Å²) in [6.07, 6.45) is 0. The van der Waals surface area contributed by atoms with Crippen molar-refractivity contribution in [1.29, 1.82) is 0 Å². The highest BCUT2D eigenvalue weighted by atomic mass is 16.3. The first-order valence-corrected chi connectivity index (χ1v) is 4.80. The van der Waals surface area contributed by atoms with Gasteiger partial charge in [0.05, 0.1) is 5.60 Å². The molecule has 2 aromatic rings. The lowest BCUT2D eigenvalue weighted by molar-refractivity contribution is 0.0795. The Hall–Kier alpha value is -1.28. The minimum atomic E-state index is -0.788. The molecule has 0 aliphatic heterocycles. The maximum absolute atomic E-state index is 10.0. The Morgan fingerprint density at radius 2 is 1.86 bits per heavy atom. The van der Waals surface area contributed by atoms with Gasteiger partial charge >= 0.3 is 0 Å². The number of rotatable bonds is 1. The summed E-state index contributed by atoms with van der Waals surface area (Å²) in [5.41, 5.74) is 2.33. The van der Waals surface area contributed by atoms with Gasteiger partial charge in [-0.05, 0) is 26.8 Å². The standard InChI is InChI=1S/C12H15NO/c1-8-11(12(2,3)14)9-6-4-5-7-10(9)13-8/h4-7,13-14H,1-3H3. The van der Waals surface area contributed by atoms with Crippen LogP contribution in [0.1, 0.15) is 25.1 Å². The van der Waals surface area contributed by atoms with Crippen LogP contribution in [0, 0.1) is 6.92 Å². The molecule has 2 nitrogen and oxygen atoms in total. The summed E-state index contributed by atoms with van der Waals surface area (Å²) in [6.45, 7) is 5.62. The van der Waals surface area contributed by atoms with Crippen molar-refractivity contribution in [2.75, 3.05) is 0 Å². The van der Waals surface area contributed by atoms with Crippen molar-refractivity contribution in [3.63, 3.8) is 0 Å². The van der Waals surface area contributed by atoms with E-state index in [1.165, 1.54) is 0 Å². The lowest BCUT2D eigenvalue weighted by Gasteiger charge is -2.17. The van der Waals surface area contributed by atoms with Gasteiger partial charge in [0.15, 0.2) is 0 Å². The van der Waals surface area contributed by atoms with E-state index in [-0.39, 0.29) is 0 Å². The zero-order chi connectivity index (χ0) is 10.3. The average molecular weight is 189 g/mol. The van der Waals surface area contributed by atoms with Gasteiger partial charge in [-0.25, -0.2) is 0 Å². The second-order valence-corrected chi connectivity index (χ2v) is 4.23. The largest absolute Gasteiger partial charge is 0.386 e. The molecule has 0 spiro atoms. The van der Waals surface area contributed by atoms with Crippen molar-refractivity contribution in [3.8, 4) is 0 Å². The van der Waals surface area contributed by atoms with Crippen LogP contribution in [0.5, 0.6) is 0 Å². The van der Waals surface area contributed by atoms with Crippen LogP contribution in [0.3, 0.4) is 0 Å². The van der Waals surface area contributed by atoms with Crippen LogP contribution in [-0.4, -0.2) is 10.1 Å². The SMILES string of the molecule is Cc1[nH]c2ccccc2c1C(C)(C)O. The number of hydrogen-bond acceptors (Lipinski definition) is 1. The predicted molar refractivity (Wildman–Crippen MR) is 58.3 cm³/mol. The zero-order valence-electron chi connectivity index (χ0n) is 8.76. The smallest absolute Gasteiger partial charge is 0.0863 e. The molecule has 1 heterocycles. The van der Waals surface area contributed by atoms with E-state index in [2.05, 4.69) is 4.98 Å². The lowest BCUT2D eigenvalue weighted by atomic mass is 9.95. The molecule has 0 fully saturated rings. The molecule has 74 valence electrons. The Kier molecular flexibility index (Phi) is 1.89. The molecule has 0 amide bonds. The molecule has 0 unspecified atom stereocenters. The van der Waals surface area contributed by atoms with E-state index in [4.69, 9.17) is 0 Å². The molecule has 1 aromatic heterocycles. The highest BCUT2D eigenvalue weighted by molar-refractivity contribution is 5.85. The Morgan fingerprint density at radius 3 is 2.50 bits per heavy atom. The van der Waals surface area contributed by atoms with Gasteiger partial charge in [-0.2, -0.15) is 0 Å². The van der Waals surface area contributed by atoms with Crippen LogP contribution in [0.15, 0.2) is 24.3 Å². The highest BCUT2D eigenvalue weighted by Gasteiger charge is 2.22. The van der Waals surface area contributed by atoms with Crippen molar-refractivity contribution in [2.45, 2.75) is 26.4 Å². The van der Waals surface area contributed by atoms with Crippen LogP contribution >= 0.6 is 0 Å². The molecule has 2 N–H and O–H groups in total. The Labute approximate surface area is 83.6 Å². The van der Waals surface area contributed by atoms with Crippen molar-refractivity contribution in [1.82, 2.24) is 4.98 Å². The van der Waals surface area contributed by atoms with Crippen molar-refractivity contribution in [3.05, 3.63) is 35.5 Å². The molecule has 0 saturated carbocycles. The number of benzene rings is 1. The molecule has 0 saturated heterocycles. The molecule has 2 rings (SSSR count). The molecule has 0 atom stereocenters. The number of aromatic amines is 1. The second-order valence-electron chi connectivity index (χ2n) is 4.23. The number of fused-ring (bicyclic) bond motifs is 1. The van der Waals surface area contributed by atoms with Crippen LogP contribution in [0.2, 0.25) is 0 Å². The van der Waals surface area contributed by atoms with Gasteiger partial charge < -0.3 is 10.1 Å². The van der Waals surface area contributed by atoms with E-state index in [1.54, 1.807) is 0 Å². The van der Waals surface area contributed by atoms with Gasteiger partial charge in [0.25, 0.3) is 0 Å². The number of para-hydroxylation sites is 1. The number of aliphatic hydroxyl groups is 1. The van der Waals surface area contributed by atoms with Crippen LogP contribution in [0.4, 0.5) is 0 Å². The Morgan fingerprint density at radius 1 is 1.21 bits per heavy atom. The summed E-state index contributed by atoms with van der Waals surface area (Å²) in [4.78, 5) is 3.27. The van der Waals surface area contributed by atoms with E-state index >= 15 is 0 Å². The Balaban J connectivity index is 2.81. The molecule has 0 aliphatic carbocycles. The lowest BCUT2D eigenvalue weighted by Crippen LogP contribution is -2.16. The summed E-state index contributed by atoms with van der Waals surface area (Å²) < 4.78 is 0. The van der Waals surface area contributed by atoms with Crippen LogP contribution in [0.25, 0.3) is 10.9 Å². The maximum Gasteiger partial charge on any atom is 0.0863 e. The van der Waals surface area contributed by atoms with Crippen molar-refractivity contribution < 1.29 is 5.11 Å². The maximum atomic E-state index is 10.0. The zero-order valence-corrected chi connectivity index (χ0v) is 8.76. The van der Waals surface area contributed by atoms with E-state index in [1.807, 2.05) is 45.0 Å². The normalized spacial score (nSPS) is 12.3. The molecular formula is C12H15NO. The van der Waals surface area contributed by atoms with Gasteiger partial charge in [0.2, 0.25) is 0 Å². The molecule has 2 heteroatoms. The predicted octanol–water partition coefficient (Wildman–Crippen LogP) is 2.70. The molecule has 14 heavy (non-hydrogen) atoms. The first-order valence-electron chi connectivity index (χ1n) is 4.80. The van der Waals surface area contributed by atoms with E-state index in [0.29, 0.717) is 0 Å². The van der Waals surface area contributed by atoms with Crippen molar-refractivity contribution in [2.24, 2.45) is 0 Å². The fraction of sp³-hybridized carbons (Fsp3) is 0.333. The number of aromatic nitrogens is 1. The third-order valence-corrected chi connectivity index (χ3v) is 2.51. The number of nitrogens with one attached hydrogen (secondary N) is 1. The minimum Gasteiger partial charge on any atom is -0.386 e. The van der Waals surface area contributed by atoms with E-state index in [9.17, 15) is 5.11 Å². The first-order chi connectivity index (χ1) is 6.50. The van der Waals surface area contributed by atoms with Crippen LogP contribution < -0.4 is 0 Å². The number of hydrogen-bond donors (Lipinski definition) is 2. The number of aryl methyl sites for hydroxylation is 1. The van der Waals surface area contributed by atoms with Crippen molar-refractivity contribution >= 4 is 10.9 Å². The van der Waals surface area contributed by atoms with Crippen LogP contribution in [-0.2, 0) is 5.60 Å². The van der Waals surface area contributed by atoms with Gasteiger partial charge in [0, 0.05) is 22.2 Å². The topological polar surface area (TPSA) is 36.0 Å². The quantitative estimate of drug-likeness (QED) is 0.711. The minimum absolute atomic E-state index is 0.788. The molecule has 0 radical (unpaired) electrons. The summed E-state index contributed by atoms with van der Waals surface area (Å²) >= 11 is 0. The van der Waals surface area contributed by atoms with E-state index < -0.39 is 5.60 Å².